The normalized spacial score (nSPS) is 37.6. The molecule has 1 aromatic heterocycles. The van der Waals surface area contributed by atoms with Crippen LogP contribution in [0.2, 0.25) is 0 Å². The fourth-order valence-electron chi connectivity index (χ4n) is 2.94. The van der Waals surface area contributed by atoms with E-state index in [1.54, 1.807) is 13.8 Å². The molecule has 0 radical (unpaired) electrons. The lowest BCUT2D eigenvalue weighted by Crippen LogP contribution is -2.43. The van der Waals surface area contributed by atoms with Crippen LogP contribution in [0.1, 0.15) is 27.0 Å². The summed E-state index contributed by atoms with van der Waals surface area (Å²) >= 11 is 0. The summed E-state index contributed by atoms with van der Waals surface area (Å²) in [5, 5.41) is 9.72. The summed E-state index contributed by atoms with van der Waals surface area (Å²) in [5.74, 6) is 0. The summed E-state index contributed by atoms with van der Waals surface area (Å²) in [6.45, 7) is 4.77. The topological polar surface area (TPSA) is 133 Å². The Bertz CT molecular complexity index is 872. The van der Waals surface area contributed by atoms with Crippen LogP contribution in [0.15, 0.2) is 21.9 Å². The van der Waals surface area contributed by atoms with E-state index < -0.39 is 49.0 Å². The predicted molar refractivity (Wildman–Crippen MR) is 83.6 cm³/mol. The fourth-order valence-corrected chi connectivity index (χ4v) is 4.59. The lowest BCUT2D eigenvalue weighted by molar-refractivity contribution is -0.0749. The van der Waals surface area contributed by atoms with Crippen LogP contribution in [0.5, 0.6) is 0 Å². The van der Waals surface area contributed by atoms with Gasteiger partial charge in [0.05, 0.1) is 18.8 Å². The third kappa shape index (κ3) is 3.10. The lowest BCUT2D eigenvalue weighted by atomic mass is 9.84. The Morgan fingerprint density at radius 1 is 1.52 bits per heavy atom. The van der Waals surface area contributed by atoms with E-state index in [0.717, 1.165) is 10.6 Å². The third-order valence-corrected chi connectivity index (χ3v) is 5.70. The molecule has 0 saturated carbocycles. The number of aromatic amines is 1. The molecule has 2 saturated heterocycles. The monoisotopic (exact) mass is 371 g/mol. The van der Waals surface area contributed by atoms with Gasteiger partial charge in [-0.2, -0.15) is 5.26 Å². The van der Waals surface area contributed by atoms with Gasteiger partial charge in [0.1, 0.15) is 17.6 Å². The van der Waals surface area contributed by atoms with E-state index in [-0.39, 0.29) is 6.61 Å². The molecule has 0 amide bonds. The molecule has 0 aromatic carbocycles. The zero-order chi connectivity index (χ0) is 18.4. The average molecular weight is 371 g/mol. The molecular formula is C14H18N3O7P. The van der Waals surface area contributed by atoms with Crippen LogP contribution in [-0.2, 0) is 22.9 Å². The van der Waals surface area contributed by atoms with Crippen molar-refractivity contribution >= 4 is 7.82 Å². The minimum absolute atomic E-state index is 0.111. The highest BCUT2D eigenvalue weighted by molar-refractivity contribution is 7.48. The number of nitrogens with zero attached hydrogens (tertiary/aromatic N) is 2. The molecule has 0 unspecified atom stereocenters. The van der Waals surface area contributed by atoms with Crippen LogP contribution in [0.4, 0.5) is 0 Å². The molecule has 1 N–H and O–H groups in total. The van der Waals surface area contributed by atoms with Crippen LogP contribution >= 0.6 is 7.82 Å². The van der Waals surface area contributed by atoms with Crippen molar-refractivity contribution in [3.8, 4) is 6.07 Å². The van der Waals surface area contributed by atoms with Gasteiger partial charge in [-0.3, -0.25) is 27.9 Å². The van der Waals surface area contributed by atoms with Gasteiger partial charge in [-0.1, -0.05) is 0 Å². The molecule has 25 heavy (non-hydrogen) atoms. The van der Waals surface area contributed by atoms with E-state index in [0.29, 0.717) is 0 Å². The predicted octanol–water partition coefficient (Wildman–Crippen LogP) is 0.912. The van der Waals surface area contributed by atoms with Gasteiger partial charge in [0.15, 0.2) is 6.23 Å². The summed E-state index contributed by atoms with van der Waals surface area (Å²) in [6, 6.07) is 3.23. The molecule has 0 bridgehead atoms. The van der Waals surface area contributed by atoms with Crippen LogP contribution in [0, 0.1) is 16.7 Å². The van der Waals surface area contributed by atoms with Crippen LogP contribution in [0.25, 0.3) is 0 Å². The molecule has 5 atom stereocenters. The van der Waals surface area contributed by atoms with Gasteiger partial charge in [-0.15, -0.1) is 0 Å². The smallest absolute Gasteiger partial charge is 0.348 e. The number of phosphoric acid groups is 1. The molecule has 2 fully saturated rings. The molecule has 1 aromatic rings. The molecule has 3 heterocycles. The van der Waals surface area contributed by atoms with Crippen molar-refractivity contribution in [2.24, 2.45) is 5.41 Å². The Morgan fingerprint density at radius 3 is 2.84 bits per heavy atom. The third-order valence-electron chi connectivity index (χ3n) is 4.07. The van der Waals surface area contributed by atoms with Gasteiger partial charge in [0.25, 0.3) is 5.56 Å². The number of nitrogens with one attached hydrogen (secondary N) is 1. The van der Waals surface area contributed by atoms with Gasteiger partial charge in [0.2, 0.25) is 0 Å². The summed E-state index contributed by atoms with van der Waals surface area (Å²) in [7, 11) is -3.85. The molecule has 3 rings (SSSR count). The quantitative estimate of drug-likeness (QED) is 0.775. The van der Waals surface area contributed by atoms with Crippen LogP contribution in [0.3, 0.4) is 0 Å². The van der Waals surface area contributed by atoms with Crippen LogP contribution in [-0.4, -0.2) is 34.5 Å². The van der Waals surface area contributed by atoms with Crippen molar-refractivity contribution < 1.29 is 22.9 Å². The Morgan fingerprint density at radius 2 is 2.24 bits per heavy atom. The number of fused-ring (bicyclic) bond motifs is 1. The minimum Gasteiger partial charge on any atom is -0.348 e. The second-order valence-electron chi connectivity index (χ2n) is 6.36. The van der Waals surface area contributed by atoms with Crippen molar-refractivity contribution in [2.75, 3.05) is 6.61 Å². The summed E-state index contributed by atoms with van der Waals surface area (Å²) in [4.78, 5) is 25.4. The first-order chi connectivity index (χ1) is 11.7. The van der Waals surface area contributed by atoms with Gasteiger partial charge < -0.3 is 4.74 Å². The highest BCUT2D eigenvalue weighted by Gasteiger charge is 2.61. The number of hydrogen-bond acceptors (Lipinski definition) is 8. The summed E-state index contributed by atoms with van der Waals surface area (Å²) in [5.41, 5.74) is -2.64. The Balaban J connectivity index is 1.98. The van der Waals surface area contributed by atoms with Crippen molar-refractivity contribution in [1.82, 2.24) is 9.55 Å². The first-order valence-electron chi connectivity index (χ1n) is 7.68. The molecule has 2 aliphatic heterocycles. The van der Waals surface area contributed by atoms with E-state index in [2.05, 4.69) is 11.1 Å². The molecule has 136 valence electrons. The van der Waals surface area contributed by atoms with E-state index >= 15 is 0 Å². The molecular weight excluding hydrogens is 353 g/mol. The Hall–Kier alpha value is -1.76. The largest absolute Gasteiger partial charge is 0.475 e. The van der Waals surface area contributed by atoms with Gasteiger partial charge in [0, 0.05) is 12.3 Å². The maximum absolute atomic E-state index is 12.6. The average Bonchev–Trinajstić information content (AvgIpc) is 2.79. The molecule has 0 aliphatic carbocycles. The number of H-pyrrole nitrogens is 1. The van der Waals surface area contributed by atoms with Gasteiger partial charge >= 0.3 is 13.5 Å². The summed E-state index contributed by atoms with van der Waals surface area (Å²) in [6.07, 6.45) is -1.86. The van der Waals surface area contributed by atoms with E-state index in [4.69, 9.17) is 18.3 Å². The molecule has 11 heteroatoms. The van der Waals surface area contributed by atoms with E-state index in [1.807, 2.05) is 0 Å². The van der Waals surface area contributed by atoms with E-state index in [9.17, 15) is 19.4 Å². The van der Waals surface area contributed by atoms with Crippen LogP contribution < -0.4 is 11.2 Å². The first kappa shape index (κ1) is 18.0. The number of rotatable bonds is 3. The Labute approximate surface area is 142 Å². The molecule has 10 nitrogen and oxygen atoms in total. The minimum atomic E-state index is -3.85. The molecule has 2 aliphatic rings. The zero-order valence-corrected chi connectivity index (χ0v) is 14.8. The van der Waals surface area contributed by atoms with Crippen molar-refractivity contribution in [2.45, 2.75) is 45.3 Å². The maximum atomic E-state index is 12.6. The standard InChI is InChI=1S/C14H18N3O7P/c1-8(2)23-25(20)21-6-9-11(24-25)14(3,7-15)12(22-9)17-5-4-10(18)16-13(17)19/h4-5,8-9,11-12H,6H2,1-3H3,(H,16,18,19)/t9-,11-,12-,14-,25+/m1/s1. The van der Waals surface area contributed by atoms with Crippen molar-refractivity contribution in [3.05, 3.63) is 33.1 Å². The number of hydrogen-bond donors (Lipinski definition) is 1. The van der Waals surface area contributed by atoms with E-state index in [1.165, 1.54) is 13.1 Å². The number of ether oxygens (including phenoxy) is 1. The second kappa shape index (κ2) is 6.20. The second-order valence-corrected chi connectivity index (χ2v) is 7.94. The zero-order valence-electron chi connectivity index (χ0n) is 13.9. The Kier molecular flexibility index (Phi) is 4.47. The maximum Gasteiger partial charge on any atom is 0.475 e. The SMILES string of the molecule is CC(C)O[P@]1(=O)OC[C@H]2O[C@@H](n3ccc(=O)[nH]c3=O)[C@](C)(C#N)[C@@H]2O1. The molecule has 0 spiro atoms. The number of aromatic nitrogens is 2. The highest BCUT2D eigenvalue weighted by atomic mass is 31.2. The summed E-state index contributed by atoms with van der Waals surface area (Å²) < 4.78 is 35.4. The fraction of sp³-hybridized carbons (Fsp3) is 0.643. The number of phosphoric ester groups is 1. The van der Waals surface area contributed by atoms with Crippen molar-refractivity contribution in [1.29, 1.82) is 5.26 Å². The number of nitriles is 1. The van der Waals surface area contributed by atoms with Crippen molar-refractivity contribution in [3.63, 3.8) is 0 Å². The first-order valence-corrected chi connectivity index (χ1v) is 9.14. The van der Waals surface area contributed by atoms with Gasteiger partial charge in [-0.25, -0.2) is 9.36 Å². The highest BCUT2D eigenvalue weighted by Crippen LogP contribution is 2.61. The lowest BCUT2D eigenvalue weighted by Gasteiger charge is -2.34. The van der Waals surface area contributed by atoms with Gasteiger partial charge in [-0.05, 0) is 20.8 Å².